The maximum Gasteiger partial charge on any atom is 0.318 e. The minimum atomic E-state index is -0.482. The van der Waals surface area contributed by atoms with E-state index in [4.69, 9.17) is 5.26 Å². The van der Waals surface area contributed by atoms with Gasteiger partial charge < -0.3 is 9.72 Å². The molecule has 96 valence electrons. The molecule has 0 spiro atoms. The lowest BCUT2D eigenvalue weighted by atomic mass is 10.2. The Morgan fingerprint density at radius 1 is 1.67 bits per heavy atom. The summed E-state index contributed by atoms with van der Waals surface area (Å²) >= 11 is 1.09. The second-order valence-corrected chi connectivity index (χ2v) is 4.77. The molecule has 0 fully saturated rings. The Kier molecular flexibility index (Phi) is 4.92. The molecule has 0 amide bonds. The van der Waals surface area contributed by atoms with Gasteiger partial charge in [-0.05, 0) is 13.3 Å². The highest BCUT2D eigenvalue weighted by Gasteiger charge is 2.17. The lowest BCUT2D eigenvalue weighted by molar-refractivity contribution is -0.139. The highest BCUT2D eigenvalue weighted by molar-refractivity contribution is 8.00. The Bertz CT molecular complexity index is 547. The number of aryl methyl sites for hydroxylation is 1. The molecule has 1 aromatic rings. The second kappa shape index (κ2) is 6.21. The van der Waals surface area contributed by atoms with E-state index in [0.717, 1.165) is 11.8 Å². The topological polar surface area (TPSA) is 95.8 Å². The van der Waals surface area contributed by atoms with Gasteiger partial charge in [-0.3, -0.25) is 9.59 Å². The lowest BCUT2D eigenvalue weighted by Gasteiger charge is -2.08. The third-order valence-electron chi connectivity index (χ3n) is 2.24. The molecular formula is C11H13N3O3S. The Hall–Kier alpha value is -1.81. The Morgan fingerprint density at radius 3 is 2.83 bits per heavy atom. The number of esters is 1. The van der Waals surface area contributed by atoms with Gasteiger partial charge in [-0.25, -0.2) is 4.98 Å². The van der Waals surface area contributed by atoms with Crippen LogP contribution in [0.15, 0.2) is 9.95 Å². The van der Waals surface area contributed by atoms with Crippen LogP contribution >= 0.6 is 11.8 Å². The maximum absolute atomic E-state index is 11.6. The molecule has 1 aromatic heterocycles. The molecule has 1 atom stereocenters. The van der Waals surface area contributed by atoms with E-state index in [-0.39, 0.29) is 5.56 Å². The maximum atomic E-state index is 11.6. The first-order chi connectivity index (χ1) is 8.53. The minimum Gasteiger partial charge on any atom is -0.468 e. The molecule has 1 N–H and O–H groups in total. The van der Waals surface area contributed by atoms with Crippen molar-refractivity contribution in [1.29, 1.82) is 5.26 Å². The number of nitrogens with zero attached hydrogens (tertiary/aromatic N) is 2. The lowest BCUT2D eigenvalue weighted by Crippen LogP contribution is -2.19. The number of carbonyl (C=O) groups is 1. The van der Waals surface area contributed by atoms with Gasteiger partial charge in [-0.2, -0.15) is 5.26 Å². The largest absolute Gasteiger partial charge is 0.468 e. The van der Waals surface area contributed by atoms with Gasteiger partial charge in [0.2, 0.25) is 0 Å². The van der Waals surface area contributed by atoms with E-state index in [1.54, 1.807) is 13.8 Å². The number of rotatable bonds is 4. The van der Waals surface area contributed by atoms with Crippen LogP contribution in [0.2, 0.25) is 0 Å². The monoisotopic (exact) mass is 267 g/mol. The Balaban J connectivity index is 3.06. The van der Waals surface area contributed by atoms with E-state index in [9.17, 15) is 9.59 Å². The van der Waals surface area contributed by atoms with Gasteiger partial charge in [0.05, 0.1) is 12.8 Å². The molecule has 0 aliphatic heterocycles. The highest BCUT2D eigenvalue weighted by Crippen LogP contribution is 2.19. The molecule has 1 rings (SSSR count). The van der Waals surface area contributed by atoms with Gasteiger partial charge in [0.15, 0.2) is 5.16 Å². The fraction of sp³-hybridized carbons (Fsp3) is 0.455. The fourth-order valence-electron chi connectivity index (χ4n) is 1.31. The molecule has 0 aliphatic carbocycles. The summed E-state index contributed by atoms with van der Waals surface area (Å²) < 4.78 is 4.58. The van der Waals surface area contributed by atoms with Crippen LogP contribution in [0.3, 0.4) is 0 Å². The zero-order chi connectivity index (χ0) is 13.7. The van der Waals surface area contributed by atoms with Crippen molar-refractivity contribution >= 4 is 17.7 Å². The van der Waals surface area contributed by atoms with Crippen molar-refractivity contribution in [3.8, 4) is 6.07 Å². The number of carbonyl (C=O) groups excluding carboxylic acids is 1. The van der Waals surface area contributed by atoms with Crippen molar-refractivity contribution in [3.05, 3.63) is 21.6 Å². The fourth-order valence-corrected chi connectivity index (χ4v) is 2.15. The van der Waals surface area contributed by atoms with E-state index >= 15 is 0 Å². The van der Waals surface area contributed by atoms with Crippen LogP contribution in [-0.2, 0) is 16.0 Å². The first-order valence-electron chi connectivity index (χ1n) is 5.31. The van der Waals surface area contributed by atoms with Crippen LogP contribution in [0, 0.1) is 11.3 Å². The van der Waals surface area contributed by atoms with Crippen LogP contribution in [0.5, 0.6) is 0 Å². The first-order valence-corrected chi connectivity index (χ1v) is 6.19. The Labute approximate surface area is 108 Å². The molecule has 0 aromatic carbocycles. The summed E-state index contributed by atoms with van der Waals surface area (Å²) in [7, 11) is 1.30. The number of H-pyrrole nitrogens is 1. The number of aromatic nitrogens is 2. The molecule has 7 heteroatoms. The predicted molar refractivity (Wildman–Crippen MR) is 66.3 cm³/mol. The zero-order valence-corrected chi connectivity index (χ0v) is 11.1. The van der Waals surface area contributed by atoms with Crippen molar-refractivity contribution in [2.24, 2.45) is 0 Å². The number of methoxy groups -OCH3 is 1. The van der Waals surface area contributed by atoms with Crippen LogP contribution in [0.4, 0.5) is 0 Å². The van der Waals surface area contributed by atoms with Crippen LogP contribution in [-0.4, -0.2) is 28.3 Å². The number of aromatic amines is 1. The van der Waals surface area contributed by atoms with Gasteiger partial charge in [-0.15, -0.1) is 0 Å². The quantitative estimate of drug-likeness (QED) is 0.493. The van der Waals surface area contributed by atoms with E-state index < -0.39 is 16.8 Å². The van der Waals surface area contributed by atoms with E-state index in [2.05, 4.69) is 14.7 Å². The van der Waals surface area contributed by atoms with Gasteiger partial charge in [0, 0.05) is 0 Å². The first kappa shape index (κ1) is 14.3. The van der Waals surface area contributed by atoms with E-state index in [1.165, 1.54) is 7.11 Å². The van der Waals surface area contributed by atoms with Gasteiger partial charge in [-0.1, -0.05) is 18.7 Å². The van der Waals surface area contributed by atoms with Crippen molar-refractivity contribution in [1.82, 2.24) is 9.97 Å². The van der Waals surface area contributed by atoms with Crippen molar-refractivity contribution in [2.75, 3.05) is 7.11 Å². The molecule has 6 nitrogen and oxygen atoms in total. The number of hydrogen-bond acceptors (Lipinski definition) is 6. The smallest absolute Gasteiger partial charge is 0.318 e. The number of nitrogens with one attached hydrogen (secondary N) is 1. The molecular weight excluding hydrogens is 254 g/mol. The summed E-state index contributed by atoms with van der Waals surface area (Å²) in [6.45, 7) is 3.46. The normalized spacial score (nSPS) is 11.7. The summed E-state index contributed by atoms with van der Waals surface area (Å²) in [6, 6.07) is 1.82. The molecule has 0 saturated heterocycles. The molecule has 0 aliphatic rings. The van der Waals surface area contributed by atoms with Crippen molar-refractivity contribution < 1.29 is 9.53 Å². The average Bonchev–Trinajstić information content (AvgIpc) is 2.36. The van der Waals surface area contributed by atoms with Crippen molar-refractivity contribution in [2.45, 2.75) is 30.7 Å². The molecule has 0 saturated carbocycles. The van der Waals surface area contributed by atoms with Crippen LogP contribution < -0.4 is 5.56 Å². The standard InChI is InChI=1S/C11H13N3O3S/c1-4-8-7(5-12)9(15)14-11(13-8)18-6(2)10(16)17-3/h6H,4H2,1-3H3,(H,13,14,15)/t6-/m1/s1. The molecule has 0 unspecified atom stereocenters. The summed E-state index contributed by atoms with van der Waals surface area (Å²) in [5, 5.41) is 8.68. The zero-order valence-electron chi connectivity index (χ0n) is 10.3. The van der Waals surface area contributed by atoms with Gasteiger partial charge in [0.1, 0.15) is 16.9 Å². The number of thioether (sulfide) groups is 1. The molecule has 0 bridgehead atoms. The van der Waals surface area contributed by atoms with E-state index in [0.29, 0.717) is 17.3 Å². The second-order valence-electron chi connectivity index (χ2n) is 3.44. The molecule has 1 heterocycles. The third kappa shape index (κ3) is 3.11. The minimum absolute atomic E-state index is 0.0209. The van der Waals surface area contributed by atoms with Crippen LogP contribution in [0.25, 0.3) is 0 Å². The number of nitriles is 1. The van der Waals surface area contributed by atoms with Gasteiger partial charge >= 0.3 is 5.97 Å². The number of hydrogen-bond donors (Lipinski definition) is 1. The van der Waals surface area contributed by atoms with Crippen molar-refractivity contribution in [3.63, 3.8) is 0 Å². The average molecular weight is 267 g/mol. The summed E-state index contributed by atoms with van der Waals surface area (Å²) in [4.78, 5) is 29.5. The van der Waals surface area contributed by atoms with Gasteiger partial charge in [0.25, 0.3) is 5.56 Å². The van der Waals surface area contributed by atoms with Crippen LogP contribution in [0.1, 0.15) is 25.1 Å². The summed E-state index contributed by atoms with van der Waals surface area (Å²) in [6.07, 6.45) is 0.479. The molecule has 0 radical (unpaired) electrons. The Morgan fingerprint density at radius 2 is 2.33 bits per heavy atom. The highest BCUT2D eigenvalue weighted by atomic mass is 32.2. The summed E-state index contributed by atoms with van der Waals surface area (Å²) in [5.41, 5.74) is -0.0303. The van der Waals surface area contributed by atoms with E-state index in [1.807, 2.05) is 6.07 Å². The third-order valence-corrected chi connectivity index (χ3v) is 3.20. The number of ether oxygens (including phenoxy) is 1. The molecule has 18 heavy (non-hydrogen) atoms. The summed E-state index contributed by atoms with van der Waals surface area (Å²) in [5.74, 6) is -0.398. The SMILES string of the molecule is CCc1nc(S[C@H](C)C(=O)OC)[nH]c(=O)c1C#N. The predicted octanol–water partition coefficient (Wildman–Crippen LogP) is 0.858.